The number of halogens is 1. The van der Waals surface area contributed by atoms with E-state index in [1.165, 1.54) is 0 Å². The zero-order chi connectivity index (χ0) is 13.0. The molecule has 2 rings (SSSR count). The maximum Gasteiger partial charge on any atom is 0.149 e. The van der Waals surface area contributed by atoms with Crippen molar-refractivity contribution in [3.8, 4) is 6.07 Å². The van der Waals surface area contributed by atoms with Crippen molar-refractivity contribution in [3.63, 3.8) is 0 Å². The van der Waals surface area contributed by atoms with Crippen LogP contribution in [0.25, 0.3) is 0 Å². The van der Waals surface area contributed by atoms with Gasteiger partial charge in [-0.05, 0) is 23.8 Å². The SMILES string of the molecule is N#Cc1ccc(CNc2ncc(Cl)cc2N)cc1. The Morgan fingerprint density at radius 2 is 2.06 bits per heavy atom. The van der Waals surface area contributed by atoms with Crippen LogP contribution in [0.2, 0.25) is 5.02 Å². The molecule has 1 aromatic heterocycles. The molecule has 4 nitrogen and oxygen atoms in total. The summed E-state index contributed by atoms with van der Waals surface area (Å²) in [5.74, 6) is 0.601. The van der Waals surface area contributed by atoms with E-state index in [4.69, 9.17) is 22.6 Å². The summed E-state index contributed by atoms with van der Waals surface area (Å²) in [6.07, 6.45) is 1.54. The molecule has 5 heteroatoms. The summed E-state index contributed by atoms with van der Waals surface area (Å²) < 4.78 is 0. The van der Waals surface area contributed by atoms with E-state index in [0.29, 0.717) is 28.6 Å². The number of nitrogens with two attached hydrogens (primary N) is 1. The third-order valence-corrected chi connectivity index (χ3v) is 2.63. The number of aromatic nitrogens is 1. The van der Waals surface area contributed by atoms with Crippen molar-refractivity contribution in [2.75, 3.05) is 11.1 Å². The fourth-order valence-electron chi connectivity index (χ4n) is 1.49. The van der Waals surface area contributed by atoms with E-state index in [2.05, 4.69) is 16.4 Å². The molecule has 0 aliphatic rings. The van der Waals surface area contributed by atoms with Gasteiger partial charge in [-0.15, -0.1) is 0 Å². The molecule has 0 amide bonds. The third kappa shape index (κ3) is 2.90. The highest BCUT2D eigenvalue weighted by atomic mass is 35.5. The van der Waals surface area contributed by atoms with Crippen LogP contribution in [-0.2, 0) is 6.54 Å². The summed E-state index contributed by atoms with van der Waals surface area (Å²) in [6, 6.07) is 11.0. The first-order valence-electron chi connectivity index (χ1n) is 5.33. The van der Waals surface area contributed by atoms with Gasteiger partial charge in [-0.1, -0.05) is 23.7 Å². The minimum Gasteiger partial charge on any atom is -0.396 e. The molecular weight excluding hydrogens is 248 g/mol. The highest BCUT2D eigenvalue weighted by Crippen LogP contribution is 2.19. The van der Waals surface area contributed by atoms with Crippen molar-refractivity contribution in [2.24, 2.45) is 0 Å². The van der Waals surface area contributed by atoms with Gasteiger partial charge in [0.2, 0.25) is 0 Å². The largest absolute Gasteiger partial charge is 0.396 e. The Balaban J connectivity index is 2.04. The zero-order valence-corrected chi connectivity index (χ0v) is 10.3. The van der Waals surface area contributed by atoms with Crippen molar-refractivity contribution >= 4 is 23.1 Å². The van der Waals surface area contributed by atoms with Crippen LogP contribution in [0.15, 0.2) is 36.5 Å². The van der Waals surface area contributed by atoms with Gasteiger partial charge in [0.05, 0.1) is 22.3 Å². The highest BCUT2D eigenvalue weighted by Gasteiger charge is 2.01. The monoisotopic (exact) mass is 258 g/mol. The Kier molecular flexibility index (Phi) is 3.66. The second-order valence-corrected chi connectivity index (χ2v) is 4.19. The van der Waals surface area contributed by atoms with Crippen LogP contribution in [0.1, 0.15) is 11.1 Å². The number of benzene rings is 1. The summed E-state index contributed by atoms with van der Waals surface area (Å²) in [7, 11) is 0. The smallest absolute Gasteiger partial charge is 0.149 e. The lowest BCUT2D eigenvalue weighted by Gasteiger charge is -2.08. The van der Waals surface area contributed by atoms with Crippen LogP contribution < -0.4 is 11.1 Å². The summed E-state index contributed by atoms with van der Waals surface area (Å²) in [4.78, 5) is 4.11. The lowest BCUT2D eigenvalue weighted by molar-refractivity contribution is 1.11. The number of nitrogens with zero attached hydrogens (tertiary/aromatic N) is 2. The molecule has 18 heavy (non-hydrogen) atoms. The molecule has 0 bridgehead atoms. The summed E-state index contributed by atoms with van der Waals surface area (Å²) in [5.41, 5.74) is 7.98. The lowest BCUT2D eigenvalue weighted by atomic mass is 10.1. The minimum absolute atomic E-state index is 0.510. The van der Waals surface area contributed by atoms with Crippen molar-refractivity contribution in [2.45, 2.75) is 6.54 Å². The Bertz CT molecular complexity index is 587. The number of pyridine rings is 1. The fraction of sp³-hybridized carbons (Fsp3) is 0.0769. The van der Waals surface area contributed by atoms with E-state index in [0.717, 1.165) is 5.56 Å². The van der Waals surface area contributed by atoms with E-state index in [1.807, 2.05) is 12.1 Å². The third-order valence-electron chi connectivity index (χ3n) is 2.43. The van der Waals surface area contributed by atoms with Crippen LogP contribution in [0.3, 0.4) is 0 Å². The average molecular weight is 259 g/mol. The molecule has 0 saturated carbocycles. The molecular formula is C13H11ClN4. The van der Waals surface area contributed by atoms with Gasteiger partial charge in [-0.25, -0.2) is 4.98 Å². The maximum atomic E-state index is 8.69. The molecule has 0 fully saturated rings. The summed E-state index contributed by atoms with van der Waals surface area (Å²) in [6.45, 7) is 0.588. The molecule has 1 heterocycles. The number of rotatable bonds is 3. The van der Waals surface area contributed by atoms with Crippen LogP contribution in [0, 0.1) is 11.3 Å². The van der Waals surface area contributed by atoms with Gasteiger partial charge in [0, 0.05) is 12.7 Å². The number of nitrogen functional groups attached to an aromatic ring is 1. The van der Waals surface area contributed by atoms with Crippen molar-refractivity contribution in [1.29, 1.82) is 5.26 Å². The second kappa shape index (κ2) is 5.39. The number of nitrogens with one attached hydrogen (secondary N) is 1. The molecule has 0 atom stereocenters. The Hall–Kier alpha value is -2.25. The molecule has 0 saturated heterocycles. The van der Waals surface area contributed by atoms with E-state index in [-0.39, 0.29) is 0 Å². The summed E-state index contributed by atoms with van der Waals surface area (Å²) >= 11 is 5.77. The lowest BCUT2D eigenvalue weighted by Crippen LogP contribution is -2.04. The first-order valence-corrected chi connectivity index (χ1v) is 5.71. The first kappa shape index (κ1) is 12.2. The van der Waals surface area contributed by atoms with Gasteiger partial charge in [0.1, 0.15) is 5.82 Å². The Morgan fingerprint density at radius 3 is 2.67 bits per heavy atom. The van der Waals surface area contributed by atoms with Crippen molar-refractivity contribution < 1.29 is 0 Å². The summed E-state index contributed by atoms with van der Waals surface area (Å²) in [5, 5.41) is 12.3. The average Bonchev–Trinajstić information content (AvgIpc) is 2.38. The van der Waals surface area contributed by atoms with E-state index >= 15 is 0 Å². The number of anilines is 2. The molecule has 0 unspecified atom stereocenters. The molecule has 0 spiro atoms. The van der Waals surface area contributed by atoms with E-state index in [9.17, 15) is 0 Å². The van der Waals surface area contributed by atoms with Gasteiger partial charge in [0.25, 0.3) is 0 Å². The minimum atomic E-state index is 0.510. The normalized spacial score (nSPS) is 9.78. The molecule has 90 valence electrons. The van der Waals surface area contributed by atoms with Gasteiger partial charge in [-0.2, -0.15) is 5.26 Å². The first-order chi connectivity index (χ1) is 8.69. The van der Waals surface area contributed by atoms with Crippen molar-refractivity contribution in [1.82, 2.24) is 4.98 Å². The van der Waals surface area contributed by atoms with Crippen LogP contribution >= 0.6 is 11.6 Å². The van der Waals surface area contributed by atoms with Gasteiger partial charge in [-0.3, -0.25) is 0 Å². The molecule has 0 aliphatic carbocycles. The quantitative estimate of drug-likeness (QED) is 0.888. The Morgan fingerprint density at radius 1 is 1.33 bits per heavy atom. The zero-order valence-electron chi connectivity index (χ0n) is 9.52. The Labute approximate surface area is 110 Å². The van der Waals surface area contributed by atoms with Gasteiger partial charge >= 0.3 is 0 Å². The molecule has 1 aromatic carbocycles. The van der Waals surface area contributed by atoms with Crippen molar-refractivity contribution in [3.05, 3.63) is 52.7 Å². The second-order valence-electron chi connectivity index (χ2n) is 3.75. The molecule has 0 radical (unpaired) electrons. The van der Waals surface area contributed by atoms with E-state index < -0.39 is 0 Å². The van der Waals surface area contributed by atoms with Crippen LogP contribution in [0.4, 0.5) is 11.5 Å². The predicted molar refractivity (Wildman–Crippen MR) is 72.1 cm³/mol. The van der Waals surface area contributed by atoms with Crippen LogP contribution in [-0.4, -0.2) is 4.98 Å². The van der Waals surface area contributed by atoms with Gasteiger partial charge in [0.15, 0.2) is 0 Å². The standard InChI is InChI=1S/C13H11ClN4/c14-11-5-12(16)13(18-8-11)17-7-10-3-1-9(6-15)2-4-10/h1-5,8H,7,16H2,(H,17,18). The molecule has 0 aliphatic heterocycles. The number of nitriles is 1. The predicted octanol–water partition coefficient (Wildman–Crippen LogP) is 2.80. The number of hydrogen-bond donors (Lipinski definition) is 2. The number of hydrogen-bond acceptors (Lipinski definition) is 4. The molecule has 2 aromatic rings. The maximum absolute atomic E-state index is 8.69. The fourth-order valence-corrected chi connectivity index (χ4v) is 1.65. The molecule has 3 N–H and O–H groups in total. The van der Waals surface area contributed by atoms with Gasteiger partial charge < -0.3 is 11.1 Å². The van der Waals surface area contributed by atoms with Crippen LogP contribution in [0.5, 0.6) is 0 Å². The van der Waals surface area contributed by atoms with E-state index in [1.54, 1.807) is 24.4 Å². The topological polar surface area (TPSA) is 74.7 Å². The highest BCUT2D eigenvalue weighted by molar-refractivity contribution is 6.30.